The Bertz CT molecular complexity index is 944. The lowest BCUT2D eigenvalue weighted by molar-refractivity contribution is 0.661. The van der Waals surface area contributed by atoms with Gasteiger partial charge in [0.15, 0.2) is 13.0 Å². The molecule has 0 amide bonds. The van der Waals surface area contributed by atoms with Crippen LogP contribution in [0.5, 0.6) is 0 Å². The summed E-state index contributed by atoms with van der Waals surface area (Å²) in [6.07, 6.45) is 0. The van der Waals surface area contributed by atoms with Crippen LogP contribution in [-0.4, -0.2) is 24.4 Å². The third-order valence-electron chi connectivity index (χ3n) is 4.54. The normalized spacial score (nSPS) is 15.8. The molecule has 1 radical (unpaired) electrons. The summed E-state index contributed by atoms with van der Waals surface area (Å²) >= 11 is 130. The molecule has 0 saturated carbocycles. The van der Waals surface area contributed by atoms with Crippen molar-refractivity contribution in [1.29, 1.82) is 0 Å². The highest BCUT2D eigenvalue weighted by molar-refractivity contribution is 6.80. The van der Waals surface area contributed by atoms with Gasteiger partial charge in [-0.3, -0.25) is 0 Å². The molecule has 1 rings (SSSR count). The first-order valence-corrected chi connectivity index (χ1v) is 16.2. The van der Waals surface area contributed by atoms with Crippen molar-refractivity contribution in [3.8, 4) is 0 Å². The standard InChI is InChI=1S/C16H4Cl21/c1-4-6(9(19,20)12(25,26)15(32,33)34)2-5(8(17,18)11(23,24)14(29,30)31)3-7(4)10(21,22)13(27,28)16(35,36)37/h2-3H,1H2. The number of hydrogen-bond donors (Lipinski definition) is 0. The molecule has 0 aliphatic heterocycles. The maximum atomic E-state index is 6.54. The Balaban J connectivity index is 4.35. The summed E-state index contributed by atoms with van der Waals surface area (Å²) in [6, 6.07) is 2.06. The minimum absolute atomic E-state index is 0.286. The van der Waals surface area contributed by atoms with Gasteiger partial charge in [-0.25, -0.2) is 0 Å². The van der Waals surface area contributed by atoms with Crippen LogP contribution in [0.25, 0.3) is 0 Å². The number of hydrogen-bond acceptors (Lipinski definition) is 0. The second-order valence-electron chi connectivity index (χ2n) is 6.99. The van der Waals surface area contributed by atoms with Crippen molar-refractivity contribution in [1.82, 2.24) is 0 Å². The zero-order chi connectivity index (χ0) is 30.2. The van der Waals surface area contributed by atoms with Crippen molar-refractivity contribution in [2.75, 3.05) is 0 Å². The summed E-state index contributed by atoms with van der Waals surface area (Å²) in [5.74, 6) is 0. The van der Waals surface area contributed by atoms with Gasteiger partial charge < -0.3 is 0 Å². The molecule has 0 fully saturated rings. The van der Waals surface area contributed by atoms with Gasteiger partial charge in [-0.2, -0.15) is 0 Å². The Kier molecular flexibility index (Phi) is 13.6. The quantitative estimate of drug-likeness (QED) is 0.249. The van der Waals surface area contributed by atoms with Crippen LogP contribution >= 0.6 is 244 Å². The molecular formula is C16H4Cl21. The molecule has 21 heteroatoms. The molecule has 1 aromatic carbocycles. The van der Waals surface area contributed by atoms with Crippen LogP contribution in [0.4, 0.5) is 0 Å². The van der Waals surface area contributed by atoms with E-state index in [0.717, 1.165) is 12.1 Å². The fourth-order valence-electron chi connectivity index (χ4n) is 2.47. The third-order valence-corrected chi connectivity index (χ3v) is 16.3. The first kappa shape index (κ1) is 40.3. The molecule has 0 spiro atoms. The fraction of sp³-hybridized carbons (Fsp3) is 0.562. The molecule has 0 N–H and O–H groups in total. The lowest BCUT2D eigenvalue weighted by Gasteiger charge is -2.43. The van der Waals surface area contributed by atoms with Crippen LogP contribution < -0.4 is 0 Å². The number of halogens is 21. The van der Waals surface area contributed by atoms with Gasteiger partial charge >= 0.3 is 0 Å². The Labute approximate surface area is 317 Å². The van der Waals surface area contributed by atoms with Crippen LogP contribution in [-0.2, 0) is 13.0 Å². The summed E-state index contributed by atoms with van der Waals surface area (Å²) in [7, 11) is 0. The molecule has 0 saturated heterocycles. The van der Waals surface area contributed by atoms with Gasteiger partial charge in [0.2, 0.25) is 24.4 Å². The van der Waals surface area contributed by atoms with Crippen molar-refractivity contribution in [3.05, 3.63) is 41.3 Å². The molecule has 215 valence electrons. The van der Waals surface area contributed by atoms with E-state index in [4.69, 9.17) is 244 Å². The van der Waals surface area contributed by atoms with Gasteiger partial charge in [-0.05, 0) is 41.3 Å². The van der Waals surface area contributed by atoms with Crippen LogP contribution in [0.15, 0.2) is 12.1 Å². The maximum absolute atomic E-state index is 6.54. The first-order chi connectivity index (χ1) is 15.7. The Morgan fingerprint density at radius 2 is 0.595 bits per heavy atom. The Morgan fingerprint density at radius 1 is 0.378 bits per heavy atom. The van der Waals surface area contributed by atoms with E-state index in [1.807, 2.05) is 0 Å². The lowest BCUT2D eigenvalue weighted by atomic mass is 9.90. The van der Waals surface area contributed by atoms with Gasteiger partial charge in [0.1, 0.15) is 0 Å². The minimum Gasteiger partial charge on any atom is -0.0930 e. The van der Waals surface area contributed by atoms with Crippen LogP contribution in [0, 0.1) is 6.92 Å². The summed E-state index contributed by atoms with van der Waals surface area (Å²) in [4.78, 5) is 0. The van der Waals surface area contributed by atoms with Gasteiger partial charge in [-0.15, -0.1) is 0 Å². The van der Waals surface area contributed by atoms with Crippen molar-refractivity contribution in [2.24, 2.45) is 0 Å². The predicted octanol–water partition coefficient (Wildman–Crippen LogP) is 14.4. The smallest absolute Gasteiger partial charge is 0.0930 e. The molecule has 1 aromatic rings. The van der Waals surface area contributed by atoms with Crippen molar-refractivity contribution in [2.45, 2.75) is 37.4 Å². The van der Waals surface area contributed by atoms with E-state index in [9.17, 15) is 0 Å². The van der Waals surface area contributed by atoms with Crippen LogP contribution in [0.1, 0.15) is 22.3 Å². The molecule has 37 heavy (non-hydrogen) atoms. The van der Waals surface area contributed by atoms with Gasteiger partial charge in [0, 0.05) is 0 Å². The zero-order valence-electron chi connectivity index (χ0n) is 16.3. The molecule has 0 heterocycles. The van der Waals surface area contributed by atoms with Crippen molar-refractivity contribution < 1.29 is 0 Å². The average Bonchev–Trinajstić information content (AvgIpc) is 2.64. The summed E-state index contributed by atoms with van der Waals surface area (Å²) in [5, 5.41) is 0. The molecule has 0 bridgehead atoms. The highest BCUT2D eigenvalue weighted by Crippen LogP contribution is 2.66. The third kappa shape index (κ3) is 7.33. The molecular weight excluding hydrogens is 937 g/mol. The number of alkyl halides is 21. The second kappa shape index (κ2) is 12.5. The monoisotopic (exact) mass is 930 g/mol. The summed E-state index contributed by atoms with van der Waals surface area (Å²) < 4.78 is -23.3. The molecule has 0 atom stereocenters. The van der Waals surface area contributed by atoms with E-state index in [1.165, 1.54) is 0 Å². The topological polar surface area (TPSA) is 0 Å². The minimum atomic E-state index is -2.64. The first-order valence-electron chi connectivity index (χ1n) is 8.23. The summed E-state index contributed by atoms with van der Waals surface area (Å²) in [5.41, 5.74) is -1.47. The fourth-order valence-corrected chi connectivity index (χ4v) is 6.98. The maximum Gasteiger partial charge on any atom is 0.226 e. The van der Waals surface area contributed by atoms with E-state index < -0.39 is 48.5 Å². The van der Waals surface area contributed by atoms with Gasteiger partial charge in [-0.1, -0.05) is 244 Å². The van der Waals surface area contributed by atoms with E-state index in [0.29, 0.717) is 0 Å². The van der Waals surface area contributed by atoms with Crippen molar-refractivity contribution in [3.63, 3.8) is 0 Å². The summed E-state index contributed by atoms with van der Waals surface area (Å²) in [6.45, 7) is 3.82. The van der Waals surface area contributed by atoms with E-state index in [2.05, 4.69) is 6.92 Å². The average molecular weight is 941 g/mol. The second-order valence-corrected chi connectivity index (χ2v) is 21.8. The highest BCUT2D eigenvalue weighted by Gasteiger charge is 2.66. The van der Waals surface area contributed by atoms with E-state index in [1.54, 1.807) is 0 Å². The zero-order valence-corrected chi connectivity index (χ0v) is 32.2. The number of benzene rings is 1. The molecule has 0 aliphatic carbocycles. The predicted molar refractivity (Wildman–Crippen MR) is 175 cm³/mol. The van der Waals surface area contributed by atoms with Crippen molar-refractivity contribution >= 4 is 244 Å². The van der Waals surface area contributed by atoms with Gasteiger partial charge in [0.25, 0.3) is 0 Å². The SMILES string of the molecule is [CH2]c1c(C(Cl)(Cl)C(Cl)(Cl)C(Cl)(Cl)Cl)cc(C(Cl)(Cl)C(Cl)(Cl)C(Cl)(Cl)Cl)cc1C(Cl)(Cl)C(Cl)(Cl)C(Cl)(Cl)Cl. The van der Waals surface area contributed by atoms with E-state index in [-0.39, 0.29) is 11.1 Å². The lowest BCUT2D eigenvalue weighted by Crippen LogP contribution is -2.48. The van der Waals surface area contributed by atoms with E-state index >= 15 is 0 Å². The van der Waals surface area contributed by atoms with Crippen LogP contribution in [0.3, 0.4) is 0 Å². The molecule has 0 aromatic heterocycles. The highest BCUT2D eigenvalue weighted by atomic mass is 35.6. The van der Waals surface area contributed by atoms with Crippen LogP contribution in [0.2, 0.25) is 0 Å². The largest absolute Gasteiger partial charge is 0.226 e. The molecule has 0 unspecified atom stereocenters. The number of rotatable bonds is 6. The molecule has 0 aliphatic rings. The molecule has 0 nitrogen and oxygen atoms in total. The Morgan fingerprint density at radius 3 is 0.811 bits per heavy atom. The van der Waals surface area contributed by atoms with Gasteiger partial charge in [0.05, 0.1) is 0 Å². The Hall–Kier alpha value is 5.31.